The van der Waals surface area contributed by atoms with E-state index in [0.717, 1.165) is 11.8 Å². The largest absolute Gasteiger partial charge is 0.325 e. The predicted molar refractivity (Wildman–Crippen MR) is 75.0 cm³/mol. The second kappa shape index (κ2) is 4.84. The molecule has 94 valence electrons. The lowest BCUT2D eigenvalue weighted by Gasteiger charge is -2.33. The Morgan fingerprint density at radius 2 is 1.94 bits per heavy atom. The molecule has 2 unspecified atom stereocenters. The number of fused-ring (bicyclic) bond motifs is 1. The van der Waals surface area contributed by atoms with Gasteiger partial charge in [0.2, 0.25) is 0 Å². The molecular formula is C17H25-. The summed E-state index contributed by atoms with van der Waals surface area (Å²) < 4.78 is 0. The van der Waals surface area contributed by atoms with Crippen LogP contribution in [0.2, 0.25) is 0 Å². The first-order valence-corrected chi connectivity index (χ1v) is 6.92. The van der Waals surface area contributed by atoms with Gasteiger partial charge in [-0.15, -0.1) is 0 Å². The first-order valence-electron chi connectivity index (χ1n) is 6.92. The fourth-order valence-electron chi connectivity index (χ4n) is 3.18. The summed E-state index contributed by atoms with van der Waals surface area (Å²) in [4.78, 5) is 0. The minimum Gasteiger partial charge on any atom is -0.325 e. The molecular weight excluding hydrogens is 204 g/mol. The molecule has 0 nitrogen and oxygen atoms in total. The minimum atomic E-state index is 0.419. The van der Waals surface area contributed by atoms with Gasteiger partial charge in [-0.2, -0.15) is 12.3 Å². The average Bonchev–Trinajstić information content (AvgIpc) is 2.56. The van der Waals surface area contributed by atoms with Gasteiger partial charge in [-0.05, 0) is 28.9 Å². The van der Waals surface area contributed by atoms with E-state index in [1.54, 1.807) is 11.1 Å². The van der Waals surface area contributed by atoms with Gasteiger partial charge in [-0.1, -0.05) is 58.4 Å². The molecule has 1 aromatic rings. The summed E-state index contributed by atoms with van der Waals surface area (Å²) in [5.41, 5.74) is 3.61. The van der Waals surface area contributed by atoms with Gasteiger partial charge in [0, 0.05) is 0 Å². The van der Waals surface area contributed by atoms with E-state index in [-0.39, 0.29) is 0 Å². The van der Waals surface area contributed by atoms with Crippen molar-refractivity contribution in [1.82, 2.24) is 0 Å². The fraction of sp³-hybridized carbons (Fsp3) is 0.588. The molecule has 2 rings (SSSR count). The summed E-state index contributed by atoms with van der Waals surface area (Å²) in [6, 6.07) is 9.04. The van der Waals surface area contributed by atoms with E-state index in [0.29, 0.717) is 5.41 Å². The Hall–Kier alpha value is -0.780. The maximum Gasteiger partial charge on any atom is -0.0378 e. The Kier molecular flexibility index (Phi) is 3.61. The van der Waals surface area contributed by atoms with E-state index in [2.05, 4.69) is 58.4 Å². The second-order valence-electron chi connectivity index (χ2n) is 6.58. The van der Waals surface area contributed by atoms with Crippen molar-refractivity contribution < 1.29 is 0 Å². The molecule has 0 aliphatic heterocycles. The molecule has 0 amide bonds. The topological polar surface area (TPSA) is 0 Å². The van der Waals surface area contributed by atoms with Crippen LogP contribution in [0.3, 0.4) is 0 Å². The molecule has 0 N–H and O–H groups in total. The van der Waals surface area contributed by atoms with Gasteiger partial charge < -0.3 is 6.42 Å². The van der Waals surface area contributed by atoms with Crippen LogP contribution in [0.5, 0.6) is 0 Å². The highest BCUT2D eigenvalue weighted by molar-refractivity contribution is 5.37. The van der Waals surface area contributed by atoms with Gasteiger partial charge in [0.15, 0.2) is 0 Å². The van der Waals surface area contributed by atoms with Gasteiger partial charge in [-0.3, -0.25) is 0 Å². The van der Waals surface area contributed by atoms with E-state index in [9.17, 15) is 0 Å². The fourth-order valence-corrected chi connectivity index (χ4v) is 3.18. The number of hydrogen-bond acceptors (Lipinski definition) is 0. The van der Waals surface area contributed by atoms with Gasteiger partial charge in [0.05, 0.1) is 0 Å². The highest BCUT2D eigenvalue weighted by atomic mass is 14.4. The number of benzene rings is 1. The lowest BCUT2D eigenvalue weighted by atomic mass is 9.77. The molecule has 0 heteroatoms. The van der Waals surface area contributed by atoms with Gasteiger partial charge in [0.25, 0.3) is 0 Å². The average molecular weight is 229 g/mol. The van der Waals surface area contributed by atoms with Crippen LogP contribution in [-0.2, 0) is 6.42 Å². The van der Waals surface area contributed by atoms with E-state index >= 15 is 0 Å². The normalized spacial score (nSPS) is 23.8. The second-order valence-corrected chi connectivity index (χ2v) is 6.58. The molecule has 0 aromatic heterocycles. The predicted octanol–water partition coefficient (Wildman–Crippen LogP) is 4.99. The maximum atomic E-state index is 2.52. The SMILES string of the molecule is CC[CH-]C1Cc2ccccc2C1CC(C)(C)C. The van der Waals surface area contributed by atoms with E-state index in [1.807, 2.05) is 0 Å². The smallest absolute Gasteiger partial charge is 0.0378 e. The van der Waals surface area contributed by atoms with Crippen LogP contribution in [0.15, 0.2) is 24.3 Å². The highest BCUT2D eigenvalue weighted by Crippen LogP contribution is 2.45. The van der Waals surface area contributed by atoms with E-state index in [4.69, 9.17) is 0 Å². The summed E-state index contributed by atoms with van der Waals surface area (Å²) in [5, 5.41) is 0. The van der Waals surface area contributed by atoms with E-state index < -0.39 is 0 Å². The van der Waals surface area contributed by atoms with Crippen LogP contribution in [0.1, 0.15) is 57.6 Å². The third-order valence-electron chi connectivity index (χ3n) is 3.80. The van der Waals surface area contributed by atoms with Gasteiger partial charge in [-0.25, -0.2) is 0 Å². The first-order chi connectivity index (χ1) is 8.01. The van der Waals surface area contributed by atoms with Crippen LogP contribution < -0.4 is 0 Å². The molecule has 1 aromatic carbocycles. The van der Waals surface area contributed by atoms with Crippen molar-refractivity contribution in [3.8, 4) is 0 Å². The van der Waals surface area contributed by atoms with Crippen LogP contribution in [-0.4, -0.2) is 0 Å². The summed E-state index contributed by atoms with van der Waals surface area (Å²) in [5.74, 6) is 1.50. The Bertz CT molecular complexity index is 370. The van der Waals surface area contributed by atoms with Gasteiger partial charge >= 0.3 is 0 Å². The Morgan fingerprint density at radius 3 is 2.59 bits per heavy atom. The maximum absolute atomic E-state index is 2.52. The quantitative estimate of drug-likeness (QED) is 0.640. The lowest BCUT2D eigenvalue weighted by molar-refractivity contribution is 0.307. The lowest BCUT2D eigenvalue weighted by Crippen LogP contribution is -2.16. The van der Waals surface area contributed by atoms with Crippen molar-refractivity contribution in [2.45, 2.75) is 52.9 Å². The van der Waals surface area contributed by atoms with Crippen LogP contribution in [0.4, 0.5) is 0 Å². The molecule has 2 atom stereocenters. The highest BCUT2D eigenvalue weighted by Gasteiger charge is 2.29. The molecule has 0 spiro atoms. The Labute approximate surface area is 106 Å². The molecule has 0 radical (unpaired) electrons. The summed E-state index contributed by atoms with van der Waals surface area (Å²) >= 11 is 0. The zero-order chi connectivity index (χ0) is 12.5. The van der Waals surface area contributed by atoms with Crippen molar-refractivity contribution in [2.24, 2.45) is 11.3 Å². The molecule has 0 bridgehead atoms. The molecule has 17 heavy (non-hydrogen) atoms. The van der Waals surface area contributed by atoms with E-state index in [1.165, 1.54) is 19.3 Å². The van der Waals surface area contributed by atoms with Crippen LogP contribution in [0.25, 0.3) is 0 Å². The third kappa shape index (κ3) is 2.91. The summed E-state index contributed by atoms with van der Waals surface area (Å²) in [6.45, 7) is 9.34. The Morgan fingerprint density at radius 1 is 1.24 bits per heavy atom. The van der Waals surface area contributed by atoms with Crippen LogP contribution >= 0.6 is 0 Å². The van der Waals surface area contributed by atoms with Crippen molar-refractivity contribution in [3.63, 3.8) is 0 Å². The third-order valence-corrected chi connectivity index (χ3v) is 3.80. The molecule has 0 heterocycles. The molecule has 0 saturated heterocycles. The number of rotatable bonds is 3. The Balaban J connectivity index is 2.24. The van der Waals surface area contributed by atoms with Gasteiger partial charge in [0.1, 0.15) is 0 Å². The monoisotopic (exact) mass is 229 g/mol. The summed E-state index contributed by atoms with van der Waals surface area (Å²) in [6.07, 6.45) is 6.27. The molecule has 0 saturated carbocycles. The molecule has 1 aliphatic carbocycles. The standard InChI is InChI=1S/C17H25/c1-5-8-13-11-14-9-6-7-10-15(14)16(13)12-17(2,3)4/h6-10,13,16H,5,11-12H2,1-4H3/q-1. The zero-order valence-corrected chi connectivity index (χ0v) is 11.7. The molecule has 0 fully saturated rings. The van der Waals surface area contributed by atoms with Crippen molar-refractivity contribution in [3.05, 3.63) is 41.8 Å². The minimum absolute atomic E-state index is 0.419. The van der Waals surface area contributed by atoms with Crippen molar-refractivity contribution in [2.75, 3.05) is 0 Å². The number of hydrogen-bond donors (Lipinski definition) is 0. The van der Waals surface area contributed by atoms with Crippen molar-refractivity contribution in [1.29, 1.82) is 0 Å². The zero-order valence-electron chi connectivity index (χ0n) is 11.7. The van der Waals surface area contributed by atoms with Crippen molar-refractivity contribution >= 4 is 0 Å². The molecule has 1 aliphatic rings. The summed E-state index contributed by atoms with van der Waals surface area (Å²) in [7, 11) is 0. The van der Waals surface area contributed by atoms with Crippen LogP contribution in [0, 0.1) is 17.8 Å². The first kappa shape index (κ1) is 12.7.